The van der Waals surface area contributed by atoms with Crippen molar-refractivity contribution in [3.05, 3.63) is 82.9 Å². The molecule has 0 radical (unpaired) electrons. The molecule has 0 unspecified atom stereocenters. The summed E-state index contributed by atoms with van der Waals surface area (Å²) in [5, 5.41) is 9.50. The quantitative estimate of drug-likeness (QED) is 0.277. The van der Waals surface area contributed by atoms with Crippen LogP contribution in [0.2, 0.25) is 0 Å². The van der Waals surface area contributed by atoms with Gasteiger partial charge >= 0.3 is 0 Å². The Morgan fingerprint density at radius 3 is 2.31 bits per heavy atom. The van der Waals surface area contributed by atoms with Gasteiger partial charge in [0.25, 0.3) is 5.91 Å². The van der Waals surface area contributed by atoms with E-state index in [1.165, 1.54) is 0 Å². The fraction of sp³-hybridized carbons (Fsp3) is 0.0476. The predicted molar refractivity (Wildman–Crippen MR) is 100 cm³/mol. The average Bonchev–Trinajstić information content (AvgIpc) is 3.11. The monoisotopic (exact) mass is 399 g/mol. The summed E-state index contributed by atoms with van der Waals surface area (Å²) < 4.78 is 53.7. The first kappa shape index (κ1) is 18.7. The summed E-state index contributed by atoms with van der Waals surface area (Å²) in [6.07, 6.45) is 0. The average molecular weight is 399 g/mol. The second-order valence-electron chi connectivity index (χ2n) is 6.50. The fourth-order valence-electron chi connectivity index (χ4n) is 2.95. The first-order valence-electron chi connectivity index (χ1n) is 8.54. The lowest BCUT2D eigenvalue weighted by molar-refractivity contribution is 0.102. The van der Waals surface area contributed by atoms with Crippen LogP contribution in [0.1, 0.15) is 15.9 Å². The van der Waals surface area contributed by atoms with Crippen molar-refractivity contribution in [2.45, 2.75) is 6.92 Å². The van der Waals surface area contributed by atoms with E-state index in [1.807, 2.05) is 43.3 Å². The first-order chi connectivity index (χ1) is 13.8. The Hall–Kier alpha value is -3.68. The molecule has 0 saturated heterocycles. The number of amides is 1. The smallest absolute Gasteiger partial charge is 0.260 e. The largest absolute Gasteiger partial charge is 0.304 e. The zero-order valence-electron chi connectivity index (χ0n) is 15.0. The molecule has 1 amide bonds. The minimum absolute atomic E-state index is 0.0463. The summed E-state index contributed by atoms with van der Waals surface area (Å²) in [6.45, 7) is 1.98. The van der Waals surface area contributed by atoms with Crippen LogP contribution < -0.4 is 5.32 Å². The van der Waals surface area contributed by atoms with Crippen LogP contribution in [0.4, 0.5) is 23.4 Å². The van der Waals surface area contributed by atoms with E-state index in [0.29, 0.717) is 17.0 Å². The van der Waals surface area contributed by atoms with Gasteiger partial charge in [-0.1, -0.05) is 35.9 Å². The molecular formula is C21H13F4N3O. The van der Waals surface area contributed by atoms with Crippen LogP contribution in [0.3, 0.4) is 0 Å². The molecule has 8 heteroatoms. The second kappa shape index (κ2) is 7.05. The van der Waals surface area contributed by atoms with Gasteiger partial charge in [-0.2, -0.15) is 5.10 Å². The van der Waals surface area contributed by atoms with Crippen LogP contribution in [0.5, 0.6) is 0 Å². The lowest BCUT2D eigenvalue weighted by Gasteiger charge is -2.06. The van der Waals surface area contributed by atoms with Crippen LogP contribution in [0.15, 0.2) is 48.5 Å². The Kier molecular flexibility index (Phi) is 4.54. The highest BCUT2D eigenvalue weighted by molar-refractivity contribution is 6.08. The van der Waals surface area contributed by atoms with E-state index in [9.17, 15) is 22.4 Å². The van der Waals surface area contributed by atoms with E-state index in [-0.39, 0.29) is 5.82 Å². The first-order valence-corrected chi connectivity index (χ1v) is 8.54. The van der Waals surface area contributed by atoms with E-state index < -0.39 is 34.7 Å². The number of nitrogens with one attached hydrogen (secondary N) is 2. The van der Waals surface area contributed by atoms with Gasteiger partial charge in [-0.15, -0.1) is 0 Å². The van der Waals surface area contributed by atoms with Gasteiger partial charge in [0.05, 0.1) is 11.1 Å². The molecule has 146 valence electrons. The van der Waals surface area contributed by atoms with Gasteiger partial charge in [-0.25, -0.2) is 17.6 Å². The van der Waals surface area contributed by atoms with Crippen molar-refractivity contribution in [3.8, 4) is 11.1 Å². The molecule has 0 aliphatic carbocycles. The Bertz CT molecular complexity index is 1250. The van der Waals surface area contributed by atoms with Crippen molar-refractivity contribution >= 4 is 22.6 Å². The zero-order valence-corrected chi connectivity index (χ0v) is 15.0. The van der Waals surface area contributed by atoms with Crippen LogP contribution >= 0.6 is 0 Å². The van der Waals surface area contributed by atoms with Crippen molar-refractivity contribution < 1.29 is 22.4 Å². The molecule has 0 bridgehead atoms. The number of nitrogens with zero attached hydrogens (tertiary/aromatic N) is 1. The van der Waals surface area contributed by atoms with Gasteiger partial charge < -0.3 is 5.32 Å². The number of rotatable bonds is 3. The fourth-order valence-corrected chi connectivity index (χ4v) is 2.95. The van der Waals surface area contributed by atoms with Crippen molar-refractivity contribution in [2.75, 3.05) is 5.32 Å². The number of aryl methyl sites for hydroxylation is 1. The van der Waals surface area contributed by atoms with Crippen molar-refractivity contribution in [1.29, 1.82) is 0 Å². The number of benzene rings is 3. The van der Waals surface area contributed by atoms with Gasteiger partial charge in [0.15, 0.2) is 29.1 Å². The third kappa shape index (κ3) is 3.33. The molecule has 29 heavy (non-hydrogen) atoms. The molecule has 4 aromatic rings. The standard InChI is InChI=1S/C21H13F4N3O/c1-10-2-4-11(5-3-10)12-6-7-13-16(8-12)27-28-20(13)26-21(29)14-9-15(22)18(24)19(25)17(14)23/h2-9H,1H3,(H2,26,27,28,29). The van der Waals surface area contributed by atoms with Gasteiger partial charge in [0, 0.05) is 5.39 Å². The summed E-state index contributed by atoms with van der Waals surface area (Å²) in [5.41, 5.74) is 2.65. The SMILES string of the molecule is Cc1ccc(-c2ccc3c(NC(=O)c4cc(F)c(F)c(F)c4F)n[nH]c3c2)cc1. The van der Waals surface area contributed by atoms with E-state index in [4.69, 9.17) is 0 Å². The van der Waals surface area contributed by atoms with E-state index in [2.05, 4.69) is 15.5 Å². The van der Waals surface area contributed by atoms with Crippen LogP contribution in [-0.4, -0.2) is 16.1 Å². The molecule has 1 heterocycles. The summed E-state index contributed by atoms with van der Waals surface area (Å²) >= 11 is 0. The molecule has 0 fully saturated rings. The highest BCUT2D eigenvalue weighted by Crippen LogP contribution is 2.28. The Morgan fingerprint density at radius 1 is 0.897 bits per heavy atom. The number of hydrogen-bond acceptors (Lipinski definition) is 2. The van der Waals surface area contributed by atoms with Crippen molar-refractivity contribution in [1.82, 2.24) is 10.2 Å². The molecule has 2 N–H and O–H groups in total. The number of halogens is 4. The van der Waals surface area contributed by atoms with Crippen LogP contribution in [0, 0.1) is 30.2 Å². The molecule has 0 aliphatic heterocycles. The van der Waals surface area contributed by atoms with Gasteiger partial charge in [0.2, 0.25) is 0 Å². The normalized spacial score (nSPS) is 11.1. The third-order valence-electron chi connectivity index (χ3n) is 4.53. The molecule has 0 saturated carbocycles. The topological polar surface area (TPSA) is 57.8 Å². The molecule has 0 aliphatic rings. The van der Waals surface area contributed by atoms with E-state index in [1.54, 1.807) is 6.07 Å². The third-order valence-corrected chi connectivity index (χ3v) is 4.53. The molecule has 3 aromatic carbocycles. The maximum absolute atomic E-state index is 13.8. The molecular weight excluding hydrogens is 386 g/mol. The number of carbonyl (C=O) groups is 1. The maximum Gasteiger partial charge on any atom is 0.260 e. The van der Waals surface area contributed by atoms with Gasteiger partial charge in [-0.05, 0) is 36.2 Å². The highest BCUT2D eigenvalue weighted by Gasteiger charge is 2.24. The number of aromatic amines is 1. The minimum atomic E-state index is -2.05. The Labute approximate surface area is 162 Å². The maximum atomic E-state index is 13.8. The van der Waals surface area contributed by atoms with Crippen LogP contribution in [0.25, 0.3) is 22.0 Å². The molecule has 0 atom stereocenters. The summed E-state index contributed by atoms with van der Waals surface area (Å²) in [6, 6.07) is 13.5. The number of H-pyrrole nitrogens is 1. The second-order valence-corrected chi connectivity index (χ2v) is 6.50. The minimum Gasteiger partial charge on any atom is -0.304 e. The Morgan fingerprint density at radius 2 is 1.59 bits per heavy atom. The number of fused-ring (bicyclic) bond motifs is 1. The van der Waals surface area contributed by atoms with Crippen LogP contribution in [-0.2, 0) is 0 Å². The van der Waals surface area contributed by atoms with Crippen molar-refractivity contribution in [3.63, 3.8) is 0 Å². The number of hydrogen-bond donors (Lipinski definition) is 2. The lowest BCUT2D eigenvalue weighted by atomic mass is 10.0. The van der Waals surface area contributed by atoms with Gasteiger partial charge in [-0.3, -0.25) is 9.89 Å². The number of anilines is 1. The van der Waals surface area contributed by atoms with E-state index in [0.717, 1.165) is 16.7 Å². The number of carbonyl (C=O) groups excluding carboxylic acids is 1. The molecule has 0 spiro atoms. The van der Waals surface area contributed by atoms with Crippen molar-refractivity contribution in [2.24, 2.45) is 0 Å². The predicted octanol–water partition coefficient (Wildman–Crippen LogP) is 5.35. The highest BCUT2D eigenvalue weighted by atomic mass is 19.2. The number of aromatic nitrogens is 2. The Balaban J connectivity index is 1.66. The molecule has 1 aromatic heterocycles. The lowest BCUT2D eigenvalue weighted by Crippen LogP contribution is -2.16. The summed E-state index contributed by atoms with van der Waals surface area (Å²) in [4.78, 5) is 12.3. The summed E-state index contributed by atoms with van der Waals surface area (Å²) in [7, 11) is 0. The molecule has 4 nitrogen and oxygen atoms in total. The molecule has 4 rings (SSSR count). The van der Waals surface area contributed by atoms with E-state index >= 15 is 0 Å². The zero-order chi connectivity index (χ0) is 20.7. The summed E-state index contributed by atoms with van der Waals surface area (Å²) in [5.74, 6) is -8.58. The van der Waals surface area contributed by atoms with Gasteiger partial charge in [0.1, 0.15) is 0 Å².